The van der Waals surface area contributed by atoms with Crippen molar-refractivity contribution in [3.8, 4) is 6.07 Å². The molecule has 0 radical (unpaired) electrons. The molecule has 0 amide bonds. The van der Waals surface area contributed by atoms with Gasteiger partial charge in [0.2, 0.25) is 0 Å². The van der Waals surface area contributed by atoms with Gasteiger partial charge in [0.15, 0.2) is 9.84 Å². The summed E-state index contributed by atoms with van der Waals surface area (Å²) in [5, 5.41) is 8.41. The van der Waals surface area contributed by atoms with E-state index in [2.05, 4.69) is 6.07 Å². The fourth-order valence-electron chi connectivity index (χ4n) is 2.12. The van der Waals surface area contributed by atoms with Crippen molar-refractivity contribution in [2.75, 3.05) is 23.8 Å². The zero-order valence-electron chi connectivity index (χ0n) is 10.4. The molecule has 0 aromatic rings. The standard InChI is InChI=1S/C11H20N2O2S2/c1-3-10(5-6-12)13-7-8-16-9-11(13)17(14,15)4-2/h10-11H,3-5,7-9H2,1-2H3. The van der Waals surface area contributed by atoms with Crippen LogP contribution in [-0.2, 0) is 9.84 Å². The Morgan fingerprint density at radius 2 is 2.24 bits per heavy atom. The summed E-state index contributed by atoms with van der Waals surface area (Å²) in [4.78, 5) is 2.03. The highest BCUT2D eigenvalue weighted by Crippen LogP contribution is 2.25. The Labute approximate surface area is 108 Å². The van der Waals surface area contributed by atoms with Gasteiger partial charge in [-0.1, -0.05) is 13.8 Å². The van der Waals surface area contributed by atoms with Crippen LogP contribution in [0.15, 0.2) is 0 Å². The minimum atomic E-state index is -3.05. The molecule has 0 aromatic carbocycles. The summed E-state index contributed by atoms with van der Waals surface area (Å²) in [6, 6.07) is 2.24. The third-order valence-electron chi connectivity index (χ3n) is 3.21. The van der Waals surface area contributed by atoms with Gasteiger partial charge in [-0.15, -0.1) is 0 Å². The lowest BCUT2D eigenvalue weighted by Crippen LogP contribution is -2.52. The van der Waals surface area contributed by atoms with Crippen LogP contribution in [0.2, 0.25) is 0 Å². The first-order valence-electron chi connectivity index (χ1n) is 5.98. The van der Waals surface area contributed by atoms with Gasteiger partial charge >= 0.3 is 0 Å². The number of nitriles is 1. The molecule has 4 nitrogen and oxygen atoms in total. The molecule has 0 aliphatic carbocycles. The molecule has 6 heteroatoms. The van der Waals surface area contributed by atoms with Gasteiger partial charge in [0.25, 0.3) is 0 Å². The van der Waals surface area contributed by atoms with Crippen molar-refractivity contribution >= 4 is 21.6 Å². The highest BCUT2D eigenvalue weighted by Gasteiger charge is 2.35. The molecule has 1 heterocycles. The molecule has 0 spiro atoms. The third kappa shape index (κ3) is 3.60. The van der Waals surface area contributed by atoms with Gasteiger partial charge in [0.1, 0.15) is 5.37 Å². The van der Waals surface area contributed by atoms with Crippen molar-refractivity contribution in [2.24, 2.45) is 0 Å². The number of hydrogen-bond donors (Lipinski definition) is 0. The van der Waals surface area contributed by atoms with E-state index in [1.54, 1.807) is 18.7 Å². The van der Waals surface area contributed by atoms with Gasteiger partial charge < -0.3 is 0 Å². The summed E-state index contributed by atoms with van der Waals surface area (Å²) < 4.78 is 24.1. The predicted molar refractivity (Wildman–Crippen MR) is 71.6 cm³/mol. The predicted octanol–water partition coefficient (Wildman–Crippen LogP) is 1.49. The normalized spacial score (nSPS) is 24.2. The summed E-state index contributed by atoms with van der Waals surface area (Å²) in [5.41, 5.74) is 0. The number of hydrogen-bond acceptors (Lipinski definition) is 5. The Hall–Kier alpha value is -0.250. The lowest BCUT2D eigenvalue weighted by atomic mass is 10.1. The van der Waals surface area contributed by atoms with E-state index in [-0.39, 0.29) is 11.8 Å². The average Bonchev–Trinajstić information content (AvgIpc) is 2.36. The smallest absolute Gasteiger partial charge is 0.166 e. The first-order chi connectivity index (χ1) is 8.06. The maximum atomic E-state index is 12.1. The SMILES string of the molecule is CCC(CC#N)N1CCSCC1S(=O)(=O)CC. The van der Waals surface area contributed by atoms with Crippen molar-refractivity contribution in [3.05, 3.63) is 0 Å². The van der Waals surface area contributed by atoms with E-state index in [0.717, 1.165) is 18.7 Å². The van der Waals surface area contributed by atoms with Crippen LogP contribution in [0.4, 0.5) is 0 Å². The molecule has 1 aliphatic rings. The lowest BCUT2D eigenvalue weighted by Gasteiger charge is -2.39. The third-order valence-corrected chi connectivity index (χ3v) is 6.51. The van der Waals surface area contributed by atoms with Crippen molar-refractivity contribution < 1.29 is 8.42 Å². The monoisotopic (exact) mass is 276 g/mol. The van der Waals surface area contributed by atoms with E-state index in [9.17, 15) is 8.42 Å². The Morgan fingerprint density at radius 1 is 1.53 bits per heavy atom. The minimum absolute atomic E-state index is 0.0761. The van der Waals surface area contributed by atoms with Crippen LogP contribution >= 0.6 is 11.8 Å². The Kier molecular flexibility index (Phi) is 5.77. The molecule has 0 bridgehead atoms. The fourth-order valence-corrected chi connectivity index (χ4v) is 5.21. The highest BCUT2D eigenvalue weighted by molar-refractivity contribution is 8.01. The molecule has 1 rings (SSSR count). The second-order valence-electron chi connectivity index (χ2n) is 4.14. The van der Waals surface area contributed by atoms with Crippen molar-refractivity contribution in [1.29, 1.82) is 5.26 Å². The van der Waals surface area contributed by atoms with Crippen LogP contribution < -0.4 is 0 Å². The van der Waals surface area contributed by atoms with Crippen LogP contribution in [-0.4, -0.2) is 48.5 Å². The summed E-state index contributed by atoms with van der Waals surface area (Å²) in [6.45, 7) is 4.48. The van der Waals surface area contributed by atoms with Gasteiger partial charge in [-0.2, -0.15) is 17.0 Å². The minimum Gasteiger partial charge on any atom is -0.282 e. The average molecular weight is 276 g/mol. The van der Waals surface area contributed by atoms with E-state index in [1.807, 2.05) is 11.8 Å². The molecular formula is C11H20N2O2S2. The van der Waals surface area contributed by atoms with Crippen molar-refractivity contribution in [3.63, 3.8) is 0 Å². The van der Waals surface area contributed by atoms with Crippen molar-refractivity contribution in [2.45, 2.75) is 38.1 Å². The molecule has 0 N–H and O–H groups in total. The molecule has 2 unspecified atom stereocenters. The Bertz CT molecular complexity index is 375. The molecule has 98 valence electrons. The molecule has 17 heavy (non-hydrogen) atoms. The van der Waals surface area contributed by atoms with Crippen LogP contribution in [0, 0.1) is 11.3 Å². The first-order valence-corrected chi connectivity index (χ1v) is 8.85. The summed E-state index contributed by atoms with van der Waals surface area (Å²) in [6.07, 6.45) is 1.24. The zero-order chi connectivity index (χ0) is 12.9. The summed E-state index contributed by atoms with van der Waals surface area (Å²) in [5.74, 6) is 1.77. The molecule has 0 aromatic heterocycles. The van der Waals surface area contributed by atoms with Gasteiger partial charge in [0, 0.05) is 29.8 Å². The number of thioether (sulfide) groups is 1. The van der Waals surface area contributed by atoms with E-state index >= 15 is 0 Å². The number of rotatable bonds is 5. The second-order valence-corrected chi connectivity index (χ2v) is 7.74. The van der Waals surface area contributed by atoms with Gasteiger partial charge in [-0.05, 0) is 6.42 Å². The Balaban J connectivity index is 2.89. The molecule has 2 atom stereocenters. The van der Waals surface area contributed by atoms with Crippen LogP contribution in [0.25, 0.3) is 0 Å². The number of sulfone groups is 1. The lowest BCUT2D eigenvalue weighted by molar-refractivity contribution is 0.189. The fraction of sp³-hybridized carbons (Fsp3) is 0.909. The van der Waals surface area contributed by atoms with Crippen LogP contribution in [0.1, 0.15) is 26.7 Å². The zero-order valence-corrected chi connectivity index (χ0v) is 12.1. The second kappa shape index (κ2) is 6.62. The molecule has 1 fully saturated rings. The highest BCUT2D eigenvalue weighted by atomic mass is 32.2. The maximum Gasteiger partial charge on any atom is 0.166 e. The first kappa shape index (κ1) is 14.8. The topological polar surface area (TPSA) is 61.2 Å². The maximum absolute atomic E-state index is 12.1. The van der Waals surface area contributed by atoms with Crippen molar-refractivity contribution in [1.82, 2.24) is 4.90 Å². The molecule has 1 aliphatic heterocycles. The van der Waals surface area contributed by atoms with E-state index < -0.39 is 15.2 Å². The molecule has 1 saturated heterocycles. The van der Waals surface area contributed by atoms with Crippen LogP contribution in [0.3, 0.4) is 0 Å². The van der Waals surface area contributed by atoms with Gasteiger partial charge in [-0.25, -0.2) is 8.42 Å². The van der Waals surface area contributed by atoms with E-state index in [4.69, 9.17) is 5.26 Å². The van der Waals surface area contributed by atoms with E-state index in [0.29, 0.717) is 12.2 Å². The summed E-state index contributed by atoms with van der Waals surface area (Å²) >= 11 is 1.69. The van der Waals surface area contributed by atoms with Crippen LogP contribution in [0.5, 0.6) is 0 Å². The molecular weight excluding hydrogens is 256 g/mol. The number of nitrogens with zero attached hydrogens (tertiary/aromatic N) is 2. The largest absolute Gasteiger partial charge is 0.282 e. The summed E-state index contributed by atoms with van der Waals surface area (Å²) in [7, 11) is -3.05. The van der Waals surface area contributed by atoms with E-state index in [1.165, 1.54) is 0 Å². The Morgan fingerprint density at radius 3 is 2.76 bits per heavy atom. The van der Waals surface area contributed by atoms with Gasteiger partial charge in [0.05, 0.1) is 12.5 Å². The quantitative estimate of drug-likeness (QED) is 0.761. The molecule has 0 saturated carbocycles. The van der Waals surface area contributed by atoms with Gasteiger partial charge in [-0.3, -0.25) is 4.90 Å².